The summed E-state index contributed by atoms with van der Waals surface area (Å²) in [6, 6.07) is 2.34. The van der Waals surface area contributed by atoms with E-state index in [0.717, 1.165) is 55.6 Å². The van der Waals surface area contributed by atoms with E-state index in [4.69, 9.17) is 9.47 Å². The maximum absolute atomic E-state index is 6.25. The number of nitrogens with one attached hydrogen (secondary N) is 2. The van der Waals surface area contributed by atoms with Gasteiger partial charge in [0.15, 0.2) is 0 Å². The van der Waals surface area contributed by atoms with Gasteiger partial charge in [-0.05, 0) is 44.6 Å². The summed E-state index contributed by atoms with van der Waals surface area (Å²) in [5, 5.41) is 7.80. The van der Waals surface area contributed by atoms with Gasteiger partial charge in [-0.2, -0.15) is 10.1 Å². The number of aromatic nitrogens is 5. The van der Waals surface area contributed by atoms with E-state index in [-0.39, 0.29) is 6.10 Å². The Hall–Kier alpha value is -2.61. The van der Waals surface area contributed by atoms with Crippen LogP contribution in [-0.2, 0) is 4.74 Å². The van der Waals surface area contributed by atoms with Gasteiger partial charge in [0.25, 0.3) is 0 Å². The third-order valence-corrected chi connectivity index (χ3v) is 5.63. The Kier molecular flexibility index (Phi) is 4.86. The van der Waals surface area contributed by atoms with Crippen LogP contribution in [0.15, 0.2) is 24.7 Å². The largest absolute Gasteiger partial charge is 0.473 e. The number of rotatable bonds is 5. The summed E-state index contributed by atoms with van der Waals surface area (Å²) in [5.74, 6) is 1.16. The van der Waals surface area contributed by atoms with Gasteiger partial charge in [0.2, 0.25) is 11.8 Å². The average molecular weight is 382 g/mol. The van der Waals surface area contributed by atoms with Crippen LogP contribution in [0.1, 0.15) is 51.0 Å². The second-order valence-electron chi connectivity index (χ2n) is 7.65. The van der Waals surface area contributed by atoms with Crippen molar-refractivity contribution < 1.29 is 9.47 Å². The van der Waals surface area contributed by atoms with E-state index in [9.17, 15) is 0 Å². The zero-order valence-electron chi connectivity index (χ0n) is 15.9. The predicted molar refractivity (Wildman–Crippen MR) is 106 cm³/mol. The number of hydrogen-bond acceptors (Lipinski definition) is 6. The number of ether oxygens (including phenoxy) is 2. The number of hydrogen-bond donors (Lipinski definition) is 2. The monoisotopic (exact) mass is 382 g/mol. The summed E-state index contributed by atoms with van der Waals surface area (Å²) < 4.78 is 13.7. The fourth-order valence-corrected chi connectivity index (χ4v) is 4.08. The molecule has 8 nitrogen and oxygen atoms in total. The van der Waals surface area contributed by atoms with Crippen molar-refractivity contribution in [3.05, 3.63) is 24.7 Å². The van der Waals surface area contributed by atoms with Crippen LogP contribution in [0, 0.1) is 0 Å². The van der Waals surface area contributed by atoms with E-state index < -0.39 is 0 Å². The Morgan fingerprint density at radius 2 is 1.96 bits per heavy atom. The lowest BCUT2D eigenvalue weighted by molar-refractivity contribution is 0.0662. The van der Waals surface area contributed by atoms with Gasteiger partial charge >= 0.3 is 0 Å². The third kappa shape index (κ3) is 3.69. The first-order valence-electron chi connectivity index (χ1n) is 10.3. The molecular weight excluding hydrogens is 356 g/mol. The van der Waals surface area contributed by atoms with Gasteiger partial charge in [-0.25, -0.2) is 4.98 Å². The molecule has 3 aromatic heterocycles. The Labute approximate surface area is 163 Å². The molecule has 0 amide bonds. The molecule has 3 aromatic rings. The molecule has 2 N–H and O–H groups in total. The summed E-state index contributed by atoms with van der Waals surface area (Å²) in [5.41, 5.74) is 2.58. The van der Waals surface area contributed by atoms with Gasteiger partial charge < -0.3 is 19.8 Å². The van der Waals surface area contributed by atoms with Crippen molar-refractivity contribution in [2.45, 2.75) is 57.1 Å². The number of fused-ring (bicyclic) bond motifs is 1. The van der Waals surface area contributed by atoms with Crippen LogP contribution in [0.25, 0.3) is 11.0 Å². The zero-order valence-corrected chi connectivity index (χ0v) is 15.9. The van der Waals surface area contributed by atoms with Gasteiger partial charge in [-0.15, -0.1) is 0 Å². The lowest BCUT2D eigenvalue weighted by Crippen LogP contribution is -2.20. The van der Waals surface area contributed by atoms with Gasteiger partial charge in [-0.3, -0.25) is 4.68 Å². The molecule has 0 atom stereocenters. The minimum absolute atomic E-state index is 0.235. The Balaban J connectivity index is 1.36. The molecule has 5 rings (SSSR count). The van der Waals surface area contributed by atoms with E-state index in [1.54, 1.807) is 0 Å². The summed E-state index contributed by atoms with van der Waals surface area (Å²) >= 11 is 0. The first-order chi connectivity index (χ1) is 13.8. The van der Waals surface area contributed by atoms with Gasteiger partial charge in [0, 0.05) is 25.6 Å². The lowest BCUT2D eigenvalue weighted by Gasteiger charge is -2.22. The van der Waals surface area contributed by atoms with Crippen LogP contribution in [0.5, 0.6) is 5.88 Å². The van der Waals surface area contributed by atoms with Crippen molar-refractivity contribution in [2.24, 2.45) is 0 Å². The van der Waals surface area contributed by atoms with Crippen molar-refractivity contribution in [1.82, 2.24) is 24.7 Å². The molecule has 0 spiro atoms. The summed E-state index contributed by atoms with van der Waals surface area (Å²) in [6.07, 6.45) is 13.9. The molecule has 1 saturated carbocycles. The van der Waals surface area contributed by atoms with Crippen LogP contribution >= 0.6 is 0 Å². The van der Waals surface area contributed by atoms with E-state index in [2.05, 4.69) is 25.4 Å². The van der Waals surface area contributed by atoms with E-state index in [1.807, 2.05) is 29.3 Å². The molecule has 148 valence electrons. The fourth-order valence-electron chi connectivity index (χ4n) is 4.08. The number of aromatic amines is 1. The minimum Gasteiger partial charge on any atom is -0.473 e. The Morgan fingerprint density at radius 1 is 1.11 bits per heavy atom. The van der Waals surface area contributed by atoms with Gasteiger partial charge in [-0.1, -0.05) is 6.42 Å². The van der Waals surface area contributed by atoms with Crippen LogP contribution in [0.2, 0.25) is 0 Å². The highest BCUT2D eigenvalue weighted by atomic mass is 16.5. The maximum Gasteiger partial charge on any atom is 0.243 e. The Bertz CT molecular complexity index is 924. The van der Waals surface area contributed by atoms with Crippen molar-refractivity contribution >= 4 is 22.7 Å². The quantitative estimate of drug-likeness (QED) is 0.694. The number of H-pyrrole nitrogens is 1. The first kappa shape index (κ1) is 17.5. The second-order valence-corrected chi connectivity index (χ2v) is 7.65. The molecule has 1 saturated heterocycles. The van der Waals surface area contributed by atoms with E-state index in [0.29, 0.717) is 17.9 Å². The molecule has 1 aliphatic heterocycles. The number of anilines is 2. The molecule has 8 heteroatoms. The van der Waals surface area contributed by atoms with Crippen LogP contribution in [-0.4, -0.2) is 44.1 Å². The third-order valence-electron chi connectivity index (χ3n) is 5.63. The second kappa shape index (κ2) is 7.79. The van der Waals surface area contributed by atoms with E-state index in [1.165, 1.54) is 19.3 Å². The van der Waals surface area contributed by atoms with Crippen LogP contribution in [0.4, 0.5) is 11.6 Å². The highest BCUT2D eigenvalue weighted by Gasteiger charge is 2.20. The predicted octanol–water partition coefficient (Wildman–Crippen LogP) is 3.96. The van der Waals surface area contributed by atoms with Gasteiger partial charge in [0.05, 0.1) is 23.4 Å². The summed E-state index contributed by atoms with van der Waals surface area (Å²) in [7, 11) is 0. The first-order valence-corrected chi connectivity index (χ1v) is 10.3. The average Bonchev–Trinajstić information content (AvgIpc) is 3.39. The van der Waals surface area contributed by atoms with Crippen LogP contribution < -0.4 is 10.1 Å². The fraction of sp³-hybridized carbons (Fsp3) is 0.550. The van der Waals surface area contributed by atoms with E-state index >= 15 is 0 Å². The molecule has 2 fully saturated rings. The molecule has 0 radical (unpaired) electrons. The molecule has 0 unspecified atom stereocenters. The SMILES string of the molecule is c1cc2nc(Nc3cnn(C4CCOCC4)c3)nc(OC3CCCCC3)c2[nH]1. The maximum atomic E-state index is 6.25. The van der Waals surface area contributed by atoms with Crippen LogP contribution in [0.3, 0.4) is 0 Å². The normalized spacial score (nSPS) is 19.1. The lowest BCUT2D eigenvalue weighted by atomic mass is 9.98. The zero-order chi connectivity index (χ0) is 18.8. The smallest absolute Gasteiger partial charge is 0.243 e. The molecule has 4 heterocycles. The molecule has 0 bridgehead atoms. The molecular formula is C20H26N6O2. The van der Waals surface area contributed by atoms with Crippen molar-refractivity contribution in [2.75, 3.05) is 18.5 Å². The van der Waals surface area contributed by atoms with Crippen molar-refractivity contribution in [3.8, 4) is 5.88 Å². The summed E-state index contributed by atoms with van der Waals surface area (Å²) in [4.78, 5) is 12.5. The Morgan fingerprint density at radius 3 is 2.82 bits per heavy atom. The van der Waals surface area contributed by atoms with Crippen molar-refractivity contribution in [3.63, 3.8) is 0 Å². The highest BCUT2D eigenvalue weighted by molar-refractivity contribution is 5.81. The summed E-state index contributed by atoms with van der Waals surface area (Å²) in [6.45, 7) is 1.59. The van der Waals surface area contributed by atoms with Crippen molar-refractivity contribution in [1.29, 1.82) is 0 Å². The molecule has 1 aliphatic carbocycles. The van der Waals surface area contributed by atoms with Gasteiger partial charge in [0.1, 0.15) is 11.6 Å². The molecule has 0 aromatic carbocycles. The molecule has 2 aliphatic rings. The standard InChI is InChI=1S/C20H26N6O2/c1-2-4-16(5-3-1)28-19-18-17(6-9-21-18)24-20(25-19)23-14-12-22-26(13-14)15-7-10-27-11-8-15/h6,9,12-13,15-16,21H,1-5,7-8,10-11H2,(H,23,24,25). The topological polar surface area (TPSA) is 89.9 Å². The number of nitrogens with zero attached hydrogens (tertiary/aromatic N) is 4. The minimum atomic E-state index is 0.235. The molecule has 28 heavy (non-hydrogen) atoms. The highest BCUT2D eigenvalue weighted by Crippen LogP contribution is 2.29.